The average molecular weight is 278 g/mol. The van der Waals surface area contributed by atoms with Gasteiger partial charge in [0, 0.05) is 23.8 Å². The van der Waals surface area contributed by atoms with Crippen molar-refractivity contribution >= 4 is 11.8 Å². The quantitative estimate of drug-likeness (QED) is 0.821. The molecule has 2 N–H and O–H groups in total. The summed E-state index contributed by atoms with van der Waals surface area (Å²) in [4.78, 5) is 4.29. The lowest BCUT2D eigenvalue weighted by molar-refractivity contribution is 0.113. The second-order valence-corrected chi connectivity index (χ2v) is 5.56. The largest absolute Gasteiger partial charge is 0.394 e. The SMILES string of the molecule is Cc1cc(C)cc(-n2ccnc2SCC(O)CO)c1. The van der Waals surface area contributed by atoms with E-state index in [9.17, 15) is 5.11 Å². The molecule has 0 spiro atoms. The molecule has 0 aliphatic rings. The Kier molecular flexibility index (Phi) is 4.63. The smallest absolute Gasteiger partial charge is 0.172 e. The Morgan fingerprint density at radius 1 is 1.26 bits per heavy atom. The summed E-state index contributed by atoms with van der Waals surface area (Å²) >= 11 is 1.43. The van der Waals surface area contributed by atoms with E-state index >= 15 is 0 Å². The molecule has 1 atom stereocenters. The minimum absolute atomic E-state index is 0.225. The number of aliphatic hydroxyl groups excluding tert-OH is 2. The molecule has 1 heterocycles. The minimum atomic E-state index is -0.714. The second-order valence-electron chi connectivity index (χ2n) is 4.57. The van der Waals surface area contributed by atoms with Gasteiger partial charge in [-0.05, 0) is 37.1 Å². The highest BCUT2D eigenvalue weighted by Gasteiger charge is 2.09. The van der Waals surface area contributed by atoms with E-state index in [2.05, 4.69) is 37.0 Å². The normalized spacial score (nSPS) is 12.6. The fourth-order valence-corrected chi connectivity index (χ4v) is 2.79. The number of hydrogen-bond acceptors (Lipinski definition) is 4. The molecule has 0 amide bonds. The summed E-state index contributed by atoms with van der Waals surface area (Å²) in [7, 11) is 0. The Balaban J connectivity index is 2.23. The Morgan fingerprint density at radius 2 is 1.95 bits per heavy atom. The lowest BCUT2D eigenvalue weighted by Crippen LogP contribution is -2.15. The number of aliphatic hydroxyl groups is 2. The van der Waals surface area contributed by atoms with Gasteiger partial charge < -0.3 is 10.2 Å². The number of hydrogen-bond donors (Lipinski definition) is 2. The maximum Gasteiger partial charge on any atom is 0.172 e. The Hall–Kier alpha value is -1.30. The van der Waals surface area contributed by atoms with Crippen LogP contribution in [0.2, 0.25) is 0 Å². The molecule has 19 heavy (non-hydrogen) atoms. The van der Waals surface area contributed by atoms with Crippen LogP contribution in [0.15, 0.2) is 35.7 Å². The van der Waals surface area contributed by atoms with E-state index in [1.807, 2.05) is 10.8 Å². The van der Waals surface area contributed by atoms with Crippen LogP contribution in [0.5, 0.6) is 0 Å². The maximum atomic E-state index is 9.40. The molecule has 0 aliphatic carbocycles. The summed E-state index contributed by atoms with van der Waals surface area (Å²) in [6.07, 6.45) is 2.93. The molecule has 2 rings (SSSR count). The lowest BCUT2D eigenvalue weighted by Gasteiger charge is -2.11. The van der Waals surface area contributed by atoms with Crippen LogP contribution in [0.3, 0.4) is 0 Å². The molecule has 1 unspecified atom stereocenters. The summed E-state index contributed by atoms with van der Waals surface area (Å²) in [5.41, 5.74) is 3.47. The molecule has 0 fully saturated rings. The number of aryl methyl sites for hydroxylation is 2. The Labute approximate surface area is 117 Å². The summed E-state index contributed by atoms with van der Waals surface area (Å²) in [5.74, 6) is 0.429. The average Bonchev–Trinajstić information content (AvgIpc) is 2.83. The summed E-state index contributed by atoms with van der Waals surface area (Å²) in [5, 5.41) is 19.0. The van der Waals surface area contributed by atoms with E-state index in [-0.39, 0.29) is 6.61 Å². The Morgan fingerprint density at radius 3 is 2.58 bits per heavy atom. The van der Waals surface area contributed by atoms with Gasteiger partial charge in [-0.2, -0.15) is 0 Å². The van der Waals surface area contributed by atoms with Gasteiger partial charge in [-0.25, -0.2) is 4.98 Å². The van der Waals surface area contributed by atoms with Crippen molar-refractivity contribution in [2.75, 3.05) is 12.4 Å². The van der Waals surface area contributed by atoms with Crippen LogP contribution in [0.25, 0.3) is 5.69 Å². The van der Waals surface area contributed by atoms with Crippen molar-refractivity contribution in [3.8, 4) is 5.69 Å². The molecule has 1 aromatic carbocycles. The highest BCUT2D eigenvalue weighted by molar-refractivity contribution is 7.99. The van der Waals surface area contributed by atoms with Crippen molar-refractivity contribution < 1.29 is 10.2 Å². The van der Waals surface area contributed by atoms with E-state index in [1.54, 1.807) is 6.20 Å². The van der Waals surface area contributed by atoms with Crippen LogP contribution in [0.1, 0.15) is 11.1 Å². The number of rotatable bonds is 5. The van der Waals surface area contributed by atoms with Gasteiger partial charge in [-0.1, -0.05) is 17.8 Å². The van der Waals surface area contributed by atoms with Crippen molar-refractivity contribution in [3.05, 3.63) is 41.7 Å². The molecule has 4 nitrogen and oxygen atoms in total. The molecule has 5 heteroatoms. The van der Waals surface area contributed by atoms with E-state index < -0.39 is 6.10 Å². The third kappa shape index (κ3) is 3.59. The number of benzene rings is 1. The molecule has 1 aromatic heterocycles. The molecule has 102 valence electrons. The van der Waals surface area contributed by atoms with Crippen molar-refractivity contribution in [2.24, 2.45) is 0 Å². The predicted molar refractivity (Wildman–Crippen MR) is 76.9 cm³/mol. The van der Waals surface area contributed by atoms with Gasteiger partial charge in [0.1, 0.15) is 0 Å². The first-order valence-electron chi connectivity index (χ1n) is 6.14. The number of nitrogens with zero attached hydrogens (tertiary/aromatic N) is 2. The summed E-state index contributed by atoms with van der Waals surface area (Å²) < 4.78 is 1.99. The van der Waals surface area contributed by atoms with E-state index in [0.29, 0.717) is 5.75 Å². The van der Waals surface area contributed by atoms with Crippen LogP contribution in [0.4, 0.5) is 0 Å². The third-order valence-electron chi connectivity index (χ3n) is 2.71. The van der Waals surface area contributed by atoms with Crippen LogP contribution < -0.4 is 0 Å². The molecule has 0 saturated heterocycles. The van der Waals surface area contributed by atoms with Crippen molar-refractivity contribution in [1.29, 1.82) is 0 Å². The number of thioether (sulfide) groups is 1. The van der Waals surface area contributed by atoms with Gasteiger partial charge in [0.15, 0.2) is 5.16 Å². The standard InChI is InChI=1S/C14H18N2O2S/c1-10-5-11(2)7-12(6-10)16-4-3-15-14(16)19-9-13(18)8-17/h3-7,13,17-18H,8-9H2,1-2H3. The van der Waals surface area contributed by atoms with Gasteiger partial charge in [0.05, 0.1) is 12.7 Å². The molecule has 0 saturated carbocycles. The predicted octanol–water partition coefficient (Wildman–Crippen LogP) is 1.93. The molecule has 2 aromatic rings. The first kappa shape index (κ1) is 14.1. The van der Waals surface area contributed by atoms with Crippen LogP contribution in [-0.4, -0.2) is 38.2 Å². The van der Waals surface area contributed by atoms with Gasteiger partial charge in [-0.3, -0.25) is 4.57 Å². The lowest BCUT2D eigenvalue weighted by atomic mass is 10.1. The topological polar surface area (TPSA) is 58.3 Å². The number of aromatic nitrogens is 2. The second kappa shape index (κ2) is 6.23. The molecular formula is C14H18N2O2S. The van der Waals surface area contributed by atoms with Crippen LogP contribution >= 0.6 is 11.8 Å². The summed E-state index contributed by atoms with van der Waals surface area (Å²) in [6, 6.07) is 6.32. The zero-order chi connectivity index (χ0) is 13.8. The molecule has 0 radical (unpaired) electrons. The fraction of sp³-hybridized carbons (Fsp3) is 0.357. The molecular weight excluding hydrogens is 260 g/mol. The summed E-state index contributed by atoms with van der Waals surface area (Å²) in [6.45, 7) is 3.91. The maximum absolute atomic E-state index is 9.40. The molecule has 0 aliphatic heterocycles. The first-order chi connectivity index (χ1) is 9.10. The monoisotopic (exact) mass is 278 g/mol. The van der Waals surface area contributed by atoms with Crippen molar-refractivity contribution in [3.63, 3.8) is 0 Å². The van der Waals surface area contributed by atoms with E-state index in [0.717, 1.165) is 10.8 Å². The van der Waals surface area contributed by atoms with Gasteiger partial charge in [0.2, 0.25) is 0 Å². The zero-order valence-corrected chi connectivity index (χ0v) is 11.9. The minimum Gasteiger partial charge on any atom is -0.394 e. The van der Waals surface area contributed by atoms with E-state index in [4.69, 9.17) is 5.11 Å². The van der Waals surface area contributed by atoms with Gasteiger partial charge in [-0.15, -0.1) is 0 Å². The highest BCUT2D eigenvalue weighted by atomic mass is 32.2. The van der Waals surface area contributed by atoms with E-state index in [1.165, 1.54) is 22.9 Å². The highest BCUT2D eigenvalue weighted by Crippen LogP contribution is 2.22. The first-order valence-corrected chi connectivity index (χ1v) is 7.12. The van der Waals surface area contributed by atoms with Crippen LogP contribution in [0, 0.1) is 13.8 Å². The van der Waals surface area contributed by atoms with Gasteiger partial charge in [0.25, 0.3) is 0 Å². The van der Waals surface area contributed by atoms with Crippen molar-refractivity contribution in [1.82, 2.24) is 9.55 Å². The Bertz CT molecular complexity index is 534. The van der Waals surface area contributed by atoms with Gasteiger partial charge >= 0.3 is 0 Å². The molecule has 0 bridgehead atoms. The number of imidazole rings is 1. The van der Waals surface area contributed by atoms with Crippen molar-refractivity contribution in [2.45, 2.75) is 25.1 Å². The third-order valence-corrected chi connectivity index (χ3v) is 3.82. The zero-order valence-electron chi connectivity index (χ0n) is 11.1. The van der Waals surface area contributed by atoms with Crippen LogP contribution in [-0.2, 0) is 0 Å². The fourth-order valence-electron chi connectivity index (χ4n) is 1.91.